The van der Waals surface area contributed by atoms with E-state index >= 15 is 0 Å². The van der Waals surface area contributed by atoms with Crippen LogP contribution in [0.5, 0.6) is 0 Å². The van der Waals surface area contributed by atoms with E-state index in [4.69, 9.17) is 10.3 Å². The van der Waals surface area contributed by atoms with Crippen LogP contribution in [0.25, 0.3) is 0 Å². The molecule has 0 heterocycles. The Hall–Kier alpha value is -2.45. The van der Waals surface area contributed by atoms with Gasteiger partial charge in [-0.15, -0.1) is 0 Å². The van der Waals surface area contributed by atoms with Crippen LogP contribution in [0.4, 0.5) is 0 Å². The van der Waals surface area contributed by atoms with Crippen molar-refractivity contribution in [3.05, 3.63) is 35.4 Å². The molecule has 5 N–H and O–H groups in total. The Bertz CT molecular complexity index is 852. The van der Waals surface area contributed by atoms with E-state index in [-0.39, 0.29) is 5.56 Å². The highest BCUT2D eigenvalue weighted by atomic mass is 32.2. The molecule has 1 unspecified atom stereocenters. The largest absolute Gasteiger partial charge is 0.393 e. The molecule has 0 radical (unpaired) electrons. The average Bonchev–Trinajstić information content (AvgIpc) is 2.62. The summed E-state index contributed by atoms with van der Waals surface area (Å²) in [6.07, 6.45) is -0.255. The second-order valence-electron chi connectivity index (χ2n) is 6.30. The number of hydrogen-bond donors (Lipinski definition) is 5. The quantitative estimate of drug-likeness (QED) is 0.230. The number of hydroxylamine groups is 1. The van der Waals surface area contributed by atoms with Crippen LogP contribution in [0.15, 0.2) is 24.3 Å². The molecule has 0 saturated heterocycles. The summed E-state index contributed by atoms with van der Waals surface area (Å²) in [5.74, 6) is 3.20. The fourth-order valence-electron chi connectivity index (χ4n) is 1.97. The highest BCUT2D eigenvalue weighted by Crippen LogP contribution is 2.21. The predicted octanol–water partition coefficient (Wildman–Crippen LogP) is -1.18. The van der Waals surface area contributed by atoms with Crippen LogP contribution >= 0.6 is 0 Å². The van der Waals surface area contributed by atoms with Gasteiger partial charge < -0.3 is 15.5 Å². The number of hydrogen-bond acceptors (Lipinski definition) is 7. The summed E-state index contributed by atoms with van der Waals surface area (Å²) < 4.78 is 22.2. The summed E-state index contributed by atoms with van der Waals surface area (Å²) in [6, 6.07) is 4.21. The van der Waals surface area contributed by atoms with Gasteiger partial charge >= 0.3 is 0 Å². The minimum Gasteiger partial charge on any atom is -0.393 e. The van der Waals surface area contributed by atoms with Crippen LogP contribution in [0.3, 0.4) is 0 Å². The standard InChI is InChI=1S/C17H22N2O7S/c1-17(2,27(3,25)26)14(16(23)19-24)18-15(22)12-7-4-11(5-8-12)6-9-13(21)10-20/h4-5,7-8,13-14,20-21,24H,10H2,1-3H3,(H,18,22)(H,19,23)/t13?,14-/m1/s1. The van der Waals surface area contributed by atoms with Crippen molar-refractivity contribution in [2.45, 2.75) is 30.7 Å². The zero-order valence-corrected chi connectivity index (χ0v) is 15.9. The van der Waals surface area contributed by atoms with E-state index in [9.17, 15) is 23.1 Å². The maximum Gasteiger partial charge on any atom is 0.267 e. The minimum atomic E-state index is -3.76. The number of amides is 2. The van der Waals surface area contributed by atoms with Gasteiger partial charge in [0.25, 0.3) is 11.8 Å². The van der Waals surface area contributed by atoms with E-state index in [1.165, 1.54) is 43.6 Å². The molecule has 148 valence electrons. The van der Waals surface area contributed by atoms with Gasteiger partial charge in [0.2, 0.25) is 0 Å². The van der Waals surface area contributed by atoms with E-state index in [1.807, 2.05) is 0 Å². The third-order valence-corrected chi connectivity index (χ3v) is 6.15. The second kappa shape index (κ2) is 8.96. The first-order chi connectivity index (χ1) is 12.4. The lowest BCUT2D eigenvalue weighted by Crippen LogP contribution is -2.60. The highest BCUT2D eigenvalue weighted by Gasteiger charge is 2.44. The number of nitrogens with one attached hydrogen (secondary N) is 2. The molecule has 0 fully saturated rings. The Morgan fingerprint density at radius 3 is 2.22 bits per heavy atom. The van der Waals surface area contributed by atoms with Crippen LogP contribution in [0, 0.1) is 11.8 Å². The number of benzene rings is 1. The lowest BCUT2D eigenvalue weighted by Gasteiger charge is -2.31. The minimum absolute atomic E-state index is 0.128. The molecule has 1 rings (SSSR count). The molecule has 0 bridgehead atoms. The summed E-state index contributed by atoms with van der Waals surface area (Å²) in [4.78, 5) is 24.3. The summed E-state index contributed by atoms with van der Waals surface area (Å²) in [5.41, 5.74) is 1.96. The number of carbonyl (C=O) groups is 2. The van der Waals surface area contributed by atoms with Gasteiger partial charge in [-0.05, 0) is 38.1 Å². The third kappa shape index (κ3) is 5.77. The maximum atomic E-state index is 12.4. The van der Waals surface area contributed by atoms with Crippen LogP contribution in [0.1, 0.15) is 29.8 Å². The van der Waals surface area contributed by atoms with Crippen molar-refractivity contribution < 1.29 is 33.4 Å². The van der Waals surface area contributed by atoms with E-state index in [2.05, 4.69) is 17.2 Å². The first-order valence-corrected chi connectivity index (χ1v) is 9.68. The van der Waals surface area contributed by atoms with Crippen LogP contribution in [-0.2, 0) is 14.6 Å². The monoisotopic (exact) mass is 398 g/mol. The lowest BCUT2D eigenvalue weighted by atomic mass is 10.0. The second-order valence-corrected chi connectivity index (χ2v) is 8.90. The van der Waals surface area contributed by atoms with Crippen LogP contribution in [-0.4, -0.2) is 65.4 Å². The number of carbonyl (C=O) groups excluding carboxylic acids is 2. The third-order valence-electron chi connectivity index (χ3n) is 4.00. The van der Waals surface area contributed by atoms with E-state index in [0.29, 0.717) is 5.56 Å². The summed E-state index contributed by atoms with van der Waals surface area (Å²) in [7, 11) is -3.76. The number of aliphatic hydroxyl groups excluding tert-OH is 2. The SMILES string of the molecule is CC(C)([C@H](NC(=O)c1ccc(C#CC(O)CO)cc1)C(=O)NO)S(C)(=O)=O. The molecule has 9 nitrogen and oxygen atoms in total. The molecule has 0 aliphatic rings. The molecule has 1 aromatic rings. The highest BCUT2D eigenvalue weighted by molar-refractivity contribution is 7.92. The van der Waals surface area contributed by atoms with Crippen molar-refractivity contribution in [3.8, 4) is 11.8 Å². The fourth-order valence-corrected chi connectivity index (χ4v) is 2.56. The van der Waals surface area contributed by atoms with Crippen LogP contribution in [0.2, 0.25) is 0 Å². The van der Waals surface area contributed by atoms with Crippen molar-refractivity contribution in [1.82, 2.24) is 10.8 Å². The summed E-state index contributed by atoms with van der Waals surface area (Å²) >= 11 is 0. The first kappa shape index (κ1) is 22.6. The van der Waals surface area contributed by atoms with Gasteiger partial charge in [0, 0.05) is 17.4 Å². The zero-order chi connectivity index (χ0) is 20.8. The first-order valence-electron chi connectivity index (χ1n) is 7.79. The Morgan fingerprint density at radius 1 is 1.22 bits per heavy atom. The van der Waals surface area contributed by atoms with E-state index in [0.717, 1.165) is 6.26 Å². The maximum absolute atomic E-state index is 12.4. The summed E-state index contributed by atoms with van der Waals surface area (Å²) in [6.45, 7) is 2.01. The van der Waals surface area contributed by atoms with Gasteiger partial charge in [-0.25, -0.2) is 13.9 Å². The molecule has 10 heteroatoms. The Labute approximate surface area is 157 Å². The molecule has 0 aromatic heterocycles. The predicted molar refractivity (Wildman–Crippen MR) is 96.5 cm³/mol. The van der Waals surface area contributed by atoms with Crippen molar-refractivity contribution in [2.75, 3.05) is 12.9 Å². The zero-order valence-electron chi connectivity index (χ0n) is 15.1. The smallest absolute Gasteiger partial charge is 0.267 e. The van der Waals surface area contributed by atoms with Gasteiger partial charge in [-0.1, -0.05) is 11.8 Å². The van der Waals surface area contributed by atoms with Gasteiger partial charge in [-0.3, -0.25) is 14.8 Å². The van der Waals surface area contributed by atoms with Crippen molar-refractivity contribution >= 4 is 21.7 Å². The fraction of sp³-hybridized carbons (Fsp3) is 0.412. The van der Waals surface area contributed by atoms with E-state index in [1.54, 1.807) is 0 Å². The molecule has 2 atom stereocenters. The molecule has 0 saturated carbocycles. The Balaban J connectivity index is 3.06. The van der Waals surface area contributed by atoms with Gasteiger partial charge in [0.1, 0.15) is 12.1 Å². The number of rotatable bonds is 6. The molecule has 2 amide bonds. The van der Waals surface area contributed by atoms with Crippen molar-refractivity contribution in [2.24, 2.45) is 0 Å². The average molecular weight is 398 g/mol. The number of sulfone groups is 1. The molecular formula is C17H22N2O7S. The lowest BCUT2D eigenvalue weighted by molar-refractivity contribution is -0.131. The topological polar surface area (TPSA) is 153 Å². The molecule has 0 spiro atoms. The normalized spacial score (nSPS) is 13.7. The Kier molecular flexibility index (Phi) is 7.50. The van der Waals surface area contributed by atoms with Gasteiger partial charge in [0.05, 0.1) is 11.4 Å². The van der Waals surface area contributed by atoms with Gasteiger partial charge in [-0.2, -0.15) is 0 Å². The van der Waals surface area contributed by atoms with E-state index < -0.39 is 45.2 Å². The molecule has 27 heavy (non-hydrogen) atoms. The van der Waals surface area contributed by atoms with Crippen molar-refractivity contribution in [1.29, 1.82) is 0 Å². The summed E-state index contributed by atoms with van der Waals surface area (Å²) in [5, 5.41) is 29.1. The number of aliphatic hydroxyl groups is 2. The Morgan fingerprint density at radius 2 is 1.78 bits per heavy atom. The van der Waals surface area contributed by atoms with Crippen LogP contribution < -0.4 is 10.8 Å². The van der Waals surface area contributed by atoms with Gasteiger partial charge in [0.15, 0.2) is 9.84 Å². The molecule has 0 aliphatic heterocycles. The van der Waals surface area contributed by atoms with Crippen molar-refractivity contribution in [3.63, 3.8) is 0 Å². The molecule has 1 aromatic carbocycles. The molecular weight excluding hydrogens is 376 g/mol. The molecule has 0 aliphatic carbocycles.